The lowest BCUT2D eigenvalue weighted by Crippen LogP contribution is -1.88. The predicted octanol–water partition coefficient (Wildman–Crippen LogP) is 4.14. The molecule has 0 spiro atoms. The van der Waals surface area contributed by atoms with Crippen molar-refractivity contribution in [1.82, 2.24) is 0 Å². The van der Waals surface area contributed by atoms with Crippen LogP contribution < -0.4 is 0 Å². The molecule has 64 valence electrons. The maximum Gasteiger partial charge on any atom is 0.0264 e. The van der Waals surface area contributed by atoms with E-state index in [1.54, 1.807) is 0 Å². The van der Waals surface area contributed by atoms with E-state index in [0.717, 1.165) is 9.39 Å². The molecule has 0 aromatic rings. The monoisotopic (exact) mass is 234 g/mol. The number of thiol groups is 1. The molecule has 0 fully saturated rings. The summed E-state index contributed by atoms with van der Waals surface area (Å²) in [7, 11) is 0. The molecule has 0 atom stereocenters. The Hall–Kier alpha value is 0.310. The fourth-order valence-corrected chi connectivity index (χ4v) is 0.897. The second-order valence-corrected chi connectivity index (χ2v) is 4.50. The van der Waals surface area contributed by atoms with E-state index in [1.165, 1.54) is 5.57 Å². The molecule has 0 nitrogen and oxygen atoms in total. The normalized spacial score (nSPS) is 15.4. The van der Waals surface area contributed by atoms with Crippen molar-refractivity contribution in [1.29, 1.82) is 0 Å². The summed E-state index contributed by atoms with van der Waals surface area (Å²) in [6.07, 6.45) is 2.12. The zero-order valence-electron chi connectivity index (χ0n) is 7.48. The first-order chi connectivity index (χ1) is 4.95. The van der Waals surface area contributed by atoms with Crippen molar-refractivity contribution in [2.45, 2.75) is 27.7 Å². The highest BCUT2D eigenvalue weighted by Gasteiger charge is 1.97. The number of hydrogen-bond donors (Lipinski definition) is 1. The second-order valence-electron chi connectivity index (χ2n) is 2.98. The first-order valence-electron chi connectivity index (χ1n) is 3.68. The smallest absolute Gasteiger partial charge is 0.0264 e. The summed E-state index contributed by atoms with van der Waals surface area (Å²) in [6, 6.07) is 0. The van der Waals surface area contributed by atoms with Gasteiger partial charge in [-0.2, -0.15) is 0 Å². The predicted molar refractivity (Wildman–Crippen MR) is 59.2 cm³/mol. The summed E-state index contributed by atoms with van der Waals surface area (Å²) < 4.78 is 1.08. The summed E-state index contributed by atoms with van der Waals surface area (Å²) >= 11 is 7.66. The lowest BCUT2D eigenvalue weighted by Gasteiger charge is -2.04. The average Bonchev–Trinajstić information content (AvgIpc) is 1.87. The molecule has 0 heterocycles. The number of rotatable bonds is 2. The lowest BCUT2D eigenvalue weighted by molar-refractivity contribution is 0.769. The van der Waals surface area contributed by atoms with E-state index in [1.807, 2.05) is 6.92 Å². The molecule has 11 heavy (non-hydrogen) atoms. The van der Waals surface area contributed by atoms with Crippen LogP contribution in [0.1, 0.15) is 27.7 Å². The molecule has 0 saturated heterocycles. The largest absolute Gasteiger partial charge is 0.147 e. The highest BCUT2D eigenvalue weighted by Crippen LogP contribution is 2.20. The first-order valence-corrected chi connectivity index (χ1v) is 4.92. The molecule has 0 radical (unpaired) electrons. The maximum atomic E-state index is 4.22. The molecule has 0 aliphatic rings. The van der Waals surface area contributed by atoms with E-state index in [2.05, 4.69) is 55.4 Å². The van der Waals surface area contributed by atoms with Gasteiger partial charge in [-0.1, -0.05) is 19.4 Å². The fraction of sp³-hybridized carbons (Fsp3) is 0.556. The van der Waals surface area contributed by atoms with Crippen LogP contribution in [0, 0.1) is 5.92 Å². The van der Waals surface area contributed by atoms with Gasteiger partial charge in [0.05, 0.1) is 0 Å². The van der Waals surface area contributed by atoms with Crippen LogP contribution in [0.5, 0.6) is 0 Å². The summed E-state index contributed by atoms with van der Waals surface area (Å²) in [5, 5.41) is 0. The number of allylic oxidation sites excluding steroid dienone is 4. The van der Waals surface area contributed by atoms with Crippen LogP contribution in [0.2, 0.25) is 0 Å². The van der Waals surface area contributed by atoms with Gasteiger partial charge in [0.2, 0.25) is 0 Å². The Balaban J connectivity index is 4.44. The van der Waals surface area contributed by atoms with E-state index in [4.69, 9.17) is 0 Å². The Morgan fingerprint density at radius 2 is 1.82 bits per heavy atom. The molecule has 0 aromatic carbocycles. The standard InChI is InChI=1S/C9H15BrS/c1-6(2)7(3)5-9(10)8(4)11/h5-6,11H,1-4H3/b7-5-,9-8-. The molecular formula is C9H15BrS. The molecule has 0 aliphatic carbocycles. The molecule has 0 aromatic heterocycles. The van der Waals surface area contributed by atoms with Crippen LogP contribution in [-0.4, -0.2) is 0 Å². The SMILES string of the molecule is C/C(=C/C(Br)=C(\C)S)C(C)C. The summed E-state index contributed by atoms with van der Waals surface area (Å²) in [5.74, 6) is 0.607. The van der Waals surface area contributed by atoms with Gasteiger partial charge in [-0.3, -0.25) is 0 Å². The van der Waals surface area contributed by atoms with Gasteiger partial charge in [-0.15, -0.1) is 12.6 Å². The average molecular weight is 235 g/mol. The van der Waals surface area contributed by atoms with Crippen molar-refractivity contribution < 1.29 is 0 Å². The Labute approximate surface area is 83.3 Å². The molecule has 0 bridgehead atoms. The van der Waals surface area contributed by atoms with Gasteiger partial charge < -0.3 is 0 Å². The maximum absolute atomic E-state index is 4.22. The Morgan fingerprint density at radius 1 is 1.36 bits per heavy atom. The van der Waals surface area contributed by atoms with Crippen LogP contribution in [0.25, 0.3) is 0 Å². The summed E-state index contributed by atoms with van der Waals surface area (Å²) in [4.78, 5) is 1.02. The fourth-order valence-electron chi connectivity index (χ4n) is 0.471. The van der Waals surface area contributed by atoms with E-state index < -0.39 is 0 Å². The van der Waals surface area contributed by atoms with Crippen molar-refractivity contribution in [3.05, 3.63) is 21.0 Å². The van der Waals surface area contributed by atoms with E-state index in [0.29, 0.717) is 5.92 Å². The Kier molecular flexibility index (Phi) is 5.19. The minimum absolute atomic E-state index is 0.607. The van der Waals surface area contributed by atoms with Crippen molar-refractivity contribution in [2.24, 2.45) is 5.92 Å². The van der Waals surface area contributed by atoms with Gasteiger partial charge in [0, 0.05) is 4.48 Å². The van der Waals surface area contributed by atoms with Crippen molar-refractivity contribution >= 4 is 28.6 Å². The van der Waals surface area contributed by atoms with Crippen LogP contribution in [0.15, 0.2) is 21.0 Å². The molecule has 0 rings (SSSR count). The third-order valence-corrected chi connectivity index (χ3v) is 2.98. The van der Waals surface area contributed by atoms with Crippen LogP contribution >= 0.6 is 28.6 Å². The number of halogens is 1. The van der Waals surface area contributed by atoms with Crippen molar-refractivity contribution in [2.75, 3.05) is 0 Å². The highest BCUT2D eigenvalue weighted by molar-refractivity contribution is 9.12. The molecule has 2 heteroatoms. The zero-order valence-corrected chi connectivity index (χ0v) is 9.96. The van der Waals surface area contributed by atoms with E-state index in [9.17, 15) is 0 Å². The van der Waals surface area contributed by atoms with Crippen LogP contribution in [0.4, 0.5) is 0 Å². The second kappa shape index (κ2) is 5.04. The summed E-state index contributed by atoms with van der Waals surface area (Å²) in [6.45, 7) is 8.46. The minimum atomic E-state index is 0.607. The Bertz CT molecular complexity index is 186. The molecule has 0 unspecified atom stereocenters. The third kappa shape index (κ3) is 4.70. The van der Waals surface area contributed by atoms with Crippen LogP contribution in [0.3, 0.4) is 0 Å². The summed E-state index contributed by atoms with van der Waals surface area (Å²) in [5.41, 5.74) is 1.37. The van der Waals surface area contributed by atoms with Gasteiger partial charge in [0.25, 0.3) is 0 Å². The molecule has 0 aliphatic heterocycles. The molecule has 0 saturated carbocycles. The van der Waals surface area contributed by atoms with E-state index in [-0.39, 0.29) is 0 Å². The quantitative estimate of drug-likeness (QED) is 0.539. The molecule has 0 N–H and O–H groups in total. The molecular weight excluding hydrogens is 220 g/mol. The van der Waals surface area contributed by atoms with Gasteiger partial charge in [-0.25, -0.2) is 0 Å². The van der Waals surface area contributed by atoms with Crippen molar-refractivity contribution in [3.8, 4) is 0 Å². The highest BCUT2D eigenvalue weighted by atomic mass is 79.9. The van der Waals surface area contributed by atoms with Crippen LogP contribution in [-0.2, 0) is 0 Å². The van der Waals surface area contributed by atoms with Gasteiger partial charge in [-0.05, 0) is 46.7 Å². The number of hydrogen-bond acceptors (Lipinski definition) is 1. The lowest BCUT2D eigenvalue weighted by atomic mass is 10.1. The Morgan fingerprint density at radius 3 is 2.09 bits per heavy atom. The van der Waals surface area contributed by atoms with Gasteiger partial charge in [0.15, 0.2) is 0 Å². The zero-order chi connectivity index (χ0) is 9.02. The van der Waals surface area contributed by atoms with Gasteiger partial charge >= 0.3 is 0 Å². The first kappa shape index (κ1) is 11.3. The van der Waals surface area contributed by atoms with E-state index >= 15 is 0 Å². The topological polar surface area (TPSA) is 0 Å². The minimum Gasteiger partial charge on any atom is -0.147 e. The van der Waals surface area contributed by atoms with Gasteiger partial charge in [0.1, 0.15) is 0 Å². The molecule has 0 amide bonds. The van der Waals surface area contributed by atoms with Crippen molar-refractivity contribution in [3.63, 3.8) is 0 Å². The third-order valence-electron chi connectivity index (χ3n) is 1.61.